The first-order valence-corrected chi connectivity index (χ1v) is 6.14. The van der Waals surface area contributed by atoms with Crippen molar-refractivity contribution in [2.24, 2.45) is 0 Å². The molecule has 0 bridgehead atoms. The summed E-state index contributed by atoms with van der Waals surface area (Å²) in [6, 6.07) is 6.45. The minimum absolute atomic E-state index is 1.15. The molecule has 2 aromatic rings. The normalized spacial score (nSPS) is 11.6. The zero-order valence-electron chi connectivity index (χ0n) is 8.17. The first-order valence-electron chi connectivity index (χ1n) is 4.53. The Balaban J connectivity index is 2.74. The molecule has 0 nitrogen and oxygen atoms in total. The SMILES string of the molecule is C/C=C/c1sc2ccc(Br)cc2c1C. The predicted octanol–water partition coefficient (Wildman–Crippen LogP) is 5.01. The van der Waals surface area contributed by atoms with Crippen LogP contribution < -0.4 is 0 Å². The van der Waals surface area contributed by atoms with Gasteiger partial charge >= 0.3 is 0 Å². The number of hydrogen-bond acceptors (Lipinski definition) is 1. The maximum Gasteiger partial charge on any atom is 0.0352 e. The van der Waals surface area contributed by atoms with Gasteiger partial charge in [0.2, 0.25) is 0 Å². The lowest BCUT2D eigenvalue weighted by atomic mass is 10.1. The van der Waals surface area contributed by atoms with E-state index in [2.05, 4.69) is 60.1 Å². The Morgan fingerprint density at radius 3 is 2.86 bits per heavy atom. The van der Waals surface area contributed by atoms with Crippen LogP contribution in [0.2, 0.25) is 0 Å². The summed E-state index contributed by atoms with van der Waals surface area (Å²) in [6.45, 7) is 4.24. The number of hydrogen-bond donors (Lipinski definition) is 0. The molecule has 2 heteroatoms. The number of thiophene rings is 1. The van der Waals surface area contributed by atoms with Crippen LogP contribution in [0, 0.1) is 6.92 Å². The minimum Gasteiger partial charge on any atom is -0.136 e. The van der Waals surface area contributed by atoms with E-state index in [-0.39, 0.29) is 0 Å². The summed E-state index contributed by atoms with van der Waals surface area (Å²) in [4.78, 5) is 1.36. The summed E-state index contributed by atoms with van der Waals surface area (Å²) in [7, 11) is 0. The Morgan fingerprint density at radius 2 is 2.14 bits per heavy atom. The van der Waals surface area contributed by atoms with E-state index >= 15 is 0 Å². The van der Waals surface area contributed by atoms with Crippen LogP contribution in [0.3, 0.4) is 0 Å². The monoisotopic (exact) mass is 266 g/mol. The van der Waals surface area contributed by atoms with Crippen LogP contribution in [0.25, 0.3) is 16.2 Å². The van der Waals surface area contributed by atoms with Gasteiger partial charge in [0.25, 0.3) is 0 Å². The van der Waals surface area contributed by atoms with Crippen LogP contribution >= 0.6 is 27.3 Å². The first kappa shape index (κ1) is 9.94. The van der Waals surface area contributed by atoms with Gasteiger partial charge in [0, 0.05) is 14.0 Å². The predicted molar refractivity (Wildman–Crippen MR) is 69.0 cm³/mol. The Bertz CT molecular complexity index is 494. The fourth-order valence-corrected chi connectivity index (χ4v) is 3.05. The Labute approximate surface area is 96.4 Å². The average molecular weight is 267 g/mol. The second kappa shape index (κ2) is 3.87. The molecule has 0 N–H and O–H groups in total. The topological polar surface area (TPSA) is 0 Å². The Kier molecular flexibility index (Phi) is 2.75. The summed E-state index contributed by atoms with van der Waals surface area (Å²) in [5.74, 6) is 0. The number of allylic oxidation sites excluding steroid dienone is 1. The van der Waals surface area contributed by atoms with Gasteiger partial charge in [-0.2, -0.15) is 0 Å². The maximum absolute atomic E-state index is 3.50. The molecule has 0 aliphatic rings. The molecule has 0 aliphatic heterocycles. The highest BCUT2D eigenvalue weighted by atomic mass is 79.9. The van der Waals surface area contributed by atoms with Crippen molar-refractivity contribution in [1.29, 1.82) is 0 Å². The molecule has 0 fully saturated rings. The van der Waals surface area contributed by atoms with Crippen molar-refractivity contribution < 1.29 is 0 Å². The molecule has 0 amide bonds. The summed E-state index contributed by atoms with van der Waals surface area (Å²) in [6.07, 6.45) is 4.26. The van der Waals surface area contributed by atoms with Gasteiger partial charge in [0.05, 0.1) is 0 Å². The van der Waals surface area contributed by atoms with E-state index in [1.165, 1.54) is 20.5 Å². The summed E-state index contributed by atoms with van der Waals surface area (Å²) >= 11 is 5.35. The highest BCUT2D eigenvalue weighted by Gasteiger charge is 2.05. The van der Waals surface area contributed by atoms with E-state index in [0.717, 1.165) is 4.47 Å². The number of aryl methyl sites for hydroxylation is 1. The van der Waals surface area contributed by atoms with Crippen molar-refractivity contribution in [3.8, 4) is 0 Å². The fraction of sp³-hybridized carbons (Fsp3) is 0.167. The quantitative estimate of drug-likeness (QED) is 0.681. The van der Waals surface area contributed by atoms with Crippen LogP contribution in [0.4, 0.5) is 0 Å². The zero-order chi connectivity index (χ0) is 10.1. The fourth-order valence-electron chi connectivity index (χ4n) is 1.52. The molecule has 0 spiro atoms. The van der Waals surface area contributed by atoms with Crippen LogP contribution in [0.1, 0.15) is 17.4 Å². The van der Waals surface area contributed by atoms with Crippen molar-refractivity contribution in [2.75, 3.05) is 0 Å². The largest absolute Gasteiger partial charge is 0.136 e. The molecule has 1 aromatic heterocycles. The Morgan fingerprint density at radius 1 is 1.36 bits per heavy atom. The molecule has 1 heterocycles. The summed E-state index contributed by atoms with van der Waals surface area (Å²) in [5, 5.41) is 1.36. The lowest BCUT2D eigenvalue weighted by molar-refractivity contribution is 1.56. The third-order valence-electron chi connectivity index (χ3n) is 2.25. The zero-order valence-corrected chi connectivity index (χ0v) is 10.6. The van der Waals surface area contributed by atoms with E-state index in [1.54, 1.807) is 0 Å². The molecule has 14 heavy (non-hydrogen) atoms. The summed E-state index contributed by atoms with van der Waals surface area (Å²) < 4.78 is 2.51. The first-order chi connectivity index (χ1) is 6.72. The average Bonchev–Trinajstić information content (AvgIpc) is 2.46. The highest BCUT2D eigenvalue weighted by molar-refractivity contribution is 9.10. The van der Waals surface area contributed by atoms with E-state index in [4.69, 9.17) is 0 Å². The third kappa shape index (κ3) is 1.64. The molecule has 0 radical (unpaired) electrons. The molecule has 0 saturated heterocycles. The molecule has 72 valence electrons. The van der Waals surface area contributed by atoms with Crippen molar-refractivity contribution >= 4 is 43.4 Å². The van der Waals surface area contributed by atoms with Crippen LogP contribution in [0.15, 0.2) is 28.7 Å². The van der Waals surface area contributed by atoms with Crippen molar-refractivity contribution in [3.63, 3.8) is 0 Å². The lowest BCUT2D eigenvalue weighted by Crippen LogP contribution is -1.71. The third-order valence-corrected chi connectivity index (χ3v) is 3.98. The molecular formula is C12H11BrS. The van der Waals surface area contributed by atoms with Gasteiger partial charge in [-0.05, 0) is 49.1 Å². The molecule has 0 unspecified atom stereocenters. The number of halogens is 1. The summed E-state index contributed by atoms with van der Waals surface area (Å²) in [5.41, 5.74) is 1.38. The van der Waals surface area contributed by atoms with Crippen LogP contribution in [0.5, 0.6) is 0 Å². The maximum atomic E-state index is 3.50. The van der Waals surface area contributed by atoms with Gasteiger partial charge in [-0.25, -0.2) is 0 Å². The van der Waals surface area contributed by atoms with Crippen molar-refractivity contribution in [3.05, 3.63) is 39.2 Å². The van der Waals surface area contributed by atoms with Gasteiger partial charge in [-0.15, -0.1) is 11.3 Å². The number of fused-ring (bicyclic) bond motifs is 1. The molecular weight excluding hydrogens is 256 g/mol. The Hall–Kier alpha value is -0.600. The van der Waals surface area contributed by atoms with Gasteiger partial charge in [0.15, 0.2) is 0 Å². The smallest absolute Gasteiger partial charge is 0.0352 e. The number of benzene rings is 1. The van der Waals surface area contributed by atoms with Gasteiger partial charge in [0.1, 0.15) is 0 Å². The van der Waals surface area contributed by atoms with E-state index in [9.17, 15) is 0 Å². The van der Waals surface area contributed by atoms with Crippen LogP contribution in [-0.2, 0) is 0 Å². The van der Waals surface area contributed by atoms with Gasteiger partial charge in [-0.1, -0.05) is 22.0 Å². The minimum atomic E-state index is 1.15. The number of rotatable bonds is 1. The molecule has 0 atom stereocenters. The van der Waals surface area contributed by atoms with Crippen LogP contribution in [-0.4, -0.2) is 0 Å². The van der Waals surface area contributed by atoms with Crippen molar-refractivity contribution in [2.45, 2.75) is 13.8 Å². The van der Waals surface area contributed by atoms with Crippen molar-refractivity contribution in [1.82, 2.24) is 0 Å². The highest BCUT2D eigenvalue weighted by Crippen LogP contribution is 2.33. The van der Waals surface area contributed by atoms with E-state index in [0.29, 0.717) is 0 Å². The van der Waals surface area contributed by atoms with E-state index < -0.39 is 0 Å². The van der Waals surface area contributed by atoms with E-state index in [1.807, 2.05) is 11.3 Å². The van der Waals surface area contributed by atoms with Gasteiger partial charge in [-0.3, -0.25) is 0 Å². The molecule has 0 saturated carbocycles. The standard InChI is InChI=1S/C12H11BrS/c1-3-4-11-8(2)10-7-9(13)5-6-12(10)14-11/h3-7H,1-2H3/b4-3+. The van der Waals surface area contributed by atoms with Gasteiger partial charge < -0.3 is 0 Å². The molecule has 0 aliphatic carbocycles. The molecule has 1 aromatic carbocycles. The second-order valence-corrected chi connectivity index (χ2v) is 5.23. The second-order valence-electron chi connectivity index (χ2n) is 3.23. The molecule has 2 rings (SSSR count). The lowest BCUT2D eigenvalue weighted by Gasteiger charge is -1.92.